The van der Waals surface area contributed by atoms with Crippen molar-refractivity contribution in [2.24, 2.45) is 5.73 Å². The normalized spacial score (nSPS) is 12.3. The molecule has 0 aliphatic rings. The van der Waals surface area contributed by atoms with Crippen LogP contribution in [-0.4, -0.2) is 11.9 Å². The summed E-state index contributed by atoms with van der Waals surface area (Å²) < 4.78 is 13.2. The Balaban J connectivity index is 2.69. The van der Waals surface area contributed by atoms with Crippen LogP contribution in [0.5, 0.6) is 0 Å². The molecule has 0 fully saturated rings. The van der Waals surface area contributed by atoms with Crippen LogP contribution in [0.4, 0.5) is 4.39 Å². The average Bonchev–Trinajstić information content (AvgIpc) is 2.16. The summed E-state index contributed by atoms with van der Waals surface area (Å²) in [6, 6.07) is 3.75. The lowest BCUT2D eigenvalue weighted by molar-refractivity contribution is -0.122. The zero-order chi connectivity index (χ0) is 11.4. The van der Waals surface area contributed by atoms with Crippen molar-refractivity contribution in [3.05, 3.63) is 34.6 Å². The zero-order valence-corrected chi connectivity index (χ0v) is 9.01. The second-order valence-corrected chi connectivity index (χ2v) is 3.61. The summed E-state index contributed by atoms with van der Waals surface area (Å²) in [6.07, 6.45) is 0. The number of nitrogens with one attached hydrogen (secondary N) is 1. The third-order valence-corrected chi connectivity index (χ3v) is 2.27. The zero-order valence-electron chi connectivity index (χ0n) is 8.26. The molecule has 1 atom stereocenters. The van der Waals surface area contributed by atoms with Crippen LogP contribution in [0.25, 0.3) is 0 Å². The summed E-state index contributed by atoms with van der Waals surface area (Å²) in [4.78, 5) is 11.1. The van der Waals surface area contributed by atoms with E-state index in [2.05, 4.69) is 5.32 Å². The summed E-state index contributed by atoms with van der Waals surface area (Å²) in [5.41, 5.74) is 5.61. The molecule has 5 heteroatoms. The maximum atomic E-state index is 13.2. The summed E-state index contributed by atoms with van der Waals surface area (Å²) in [5.74, 6) is -0.776. The topological polar surface area (TPSA) is 55.1 Å². The molecule has 1 aromatic rings. The molecule has 1 aromatic carbocycles. The van der Waals surface area contributed by atoms with Crippen molar-refractivity contribution in [3.63, 3.8) is 0 Å². The average molecular weight is 231 g/mol. The van der Waals surface area contributed by atoms with Crippen LogP contribution >= 0.6 is 11.6 Å². The lowest BCUT2D eigenvalue weighted by Gasteiger charge is -2.09. The van der Waals surface area contributed by atoms with E-state index in [0.29, 0.717) is 5.02 Å². The number of rotatable bonds is 3. The van der Waals surface area contributed by atoms with E-state index in [1.54, 1.807) is 13.0 Å². The fraction of sp³-hybridized carbons (Fsp3) is 0.300. The Morgan fingerprint density at radius 1 is 1.67 bits per heavy atom. The lowest BCUT2D eigenvalue weighted by Crippen LogP contribution is -2.38. The highest BCUT2D eigenvalue weighted by Gasteiger charge is 2.10. The molecule has 0 radical (unpaired) electrons. The van der Waals surface area contributed by atoms with Crippen molar-refractivity contribution in [1.82, 2.24) is 5.32 Å². The van der Waals surface area contributed by atoms with Gasteiger partial charge in [-0.3, -0.25) is 4.79 Å². The van der Waals surface area contributed by atoms with E-state index in [9.17, 15) is 9.18 Å². The summed E-state index contributed by atoms with van der Waals surface area (Å²) >= 11 is 5.77. The quantitative estimate of drug-likeness (QED) is 0.826. The number of benzene rings is 1. The fourth-order valence-corrected chi connectivity index (χ4v) is 1.27. The molecule has 0 aliphatic carbocycles. The minimum atomic E-state index is -0.615. The molecule has 15 heavy (non-hydrogen) atoms. The van der Waals surface area contributed by atoms with Gasteiger partial charge in [0, 0.05) is 17.1 Å². The first-order chi connectivity index (χ1) is 7.02. The Labute approximate surface area is 92.4 Å². The molecule has 0 unspecified atom stereocenters. The highest BCUT2D eigenvalue weighted by molar-refractivity contribution is 6.31. The molecule has 0 aliphatic heterocycles. The van der Waals surface area contributed by atoms with Crippen molar-refractivity contribution >= 4 is 17.5 Å². The van der Waals surface area contributed by atoms with E-state index in [4.69, 9.17) is 17.3 Å². The molecular formula is C10H12ClFN2O. The second kappa shape index (κ2) is 5.09. The van der Waals surface area contributed by atoms with Gasteiger partial charge in [-0.2, -0.15) is 0 Å². The lowest BCUT2D eigenvalue weighted by atomic mass is 10.2. The first-order valence-electron chi connectivity index (χ1n) is 4.48. The van der Waals surface area contributed by atoms with E-state index >= 15 is 0 Å². The molecule has 1 rings (SSSR count). The Bertz CT molecular complexity index is 348. The molecule has 0 saturated heterocycles. The Morgan fingerprint density at radius 2 is 2.33 bits per heavy atom. The maximum absolute atomic E-state index is 13.2. The third kappa shape index (κ3) is 3.18. The maximum Gasteiger partial charge on any atom is 0.236 e. The van der Waals surface area contributed by atoms with Crippen LogP contribution in [0.2, 0.25) is 5.02 Å². The number of amides is 1. The molecular weight excluding hydrogens is 219 g/mol. The molecule has 0 saturated carbocycles. The molecule has 3 N–H and O–H groups in total. The third-order valence-electron chi connectivity index (χ3n) is 1.91. The van der Waals surface area contributed by atoms with Crippen LogP contribution in [-0.2, 0) is 11.3 Å². The van der Waals surface area contributed by atoms with Gasteiger partial charge in [-0.05, 0) is 19.1 Å². The minimum Gasteiger partial charge on any atom is -0.351 e. The van der Waals surface area contributed by atoms with Crippen LogP contribution in [0.3, 0.4) is 0 Å². The van der Waals surface area contributed by atoms with Crippen LogP contribution < -0.4 is 11.1 Å². The Morgan fingerprint density at radius 3 is 2.87 bits per heavy atom. The van der Waals surface area contributed by atoms with Crippen molar-refractivity contribution in [1.29, 1.82) is 0 Å². The highest BCUT2D eigenvalue weighted by atomic mass is 35.5. The molecule has 0 spiro atoms. The van der Waals surface area contributed by atoms with Gasteiger partial charge in [-0.25, -0.2) is 4.39 Å². The summed E-state index contributed by atoms with van der Waals surface area (Å²) in [7, 11) is 0. The van der Waals surface area contributed by atoms with Gasteiger partial charge < -0.3 is 11.1 Å². The van der Waals surface area contributed by atoms with Gasteiger partial charge >= 0.3 is 0 Å². The van der Waals surface area contributed by atoms with Crippen LogP contribution in [0.15, 0.2) is 18.2 Å². The number of carbonyl (C=O) groups is 1. The number of halogens is 2. The second-order valence-electron chi connectivity index (χ2n) is 3.21. The number of carbonyl (C=O) groups excluding carboxylic acids is 1. The molecule has 0 aromatic heterocycles. The standard InChI is InChI=1S/C10H12ClFN2O/c1-6(13)10(15)14-5-7-8(11)3-2-4-9(7)12/h2-4,6H,5,13H2,1H3,(H,14,15)/t6-/m0/s1. The Hall–Kier alpha value is -1.13. The SMILES string of the molecule is C[C@H](N)C(=O)NCc1c(F)cccc1Cl. The predicted octanol–water partition coefficient (Wildman–Crippen LogP) is 1.44. The number of hydrogen-bond acceptors (Lipinski definition) is 2. The van der Waals surface area contributed by atoms with E-state index < -0.39 is 11.9 Å². The number of nitrogens with two attached hydrogens (primary N) is 1. The minimum absolute atomic E-state index is 0.0475. The van der Waals surface area contributed by atoms with Gasteiger partial charge in [0.05, 0.1) is 6.04 Å². The van der Waals surface area contributed by atoms with Gasteiger partial charge in [0.25, 0.3) is 0 Å². The molecule has 82 valence electrons. The first-order valence-corrected chi connectivity index (χ1v) is 4.86. The predicted molar refractivity (Wildman–Crippen MR) is 56.9 cm³/mol. The van der Waals surface area contributed by atoms with E-state index in [1.807, 2.05) is 0 Å². The summed E-state index contributed by atoms with van der Waals surface area (Å²) in [6.45, 7) is 1.60. The van der Waals surface area contributed by atoms with Crippen molar-refractivity contribution < 1.29 is 9.18 Å². The van der Waals surface area contributed by atoms with Crippen molar-refractivity contribution in [3.8, 4) is 0 Å². The monoisotopic (exact) mass is 230 g/mol. The van der Waals surface area contributed by atoms with Gasteiger partial charge in [0.2, 0.25) is 5.91 Å². The largest absolute Gasteiger partial charge is 0.351 e. The molecule has 0 bridgehead atoms. The number of hydrogen-bond donors (Lipinski definition) is 2. The van der Waals surface area contributed by atoms with Crippen molar-refractivity contribution in [2.75, 3.05) is 0 Å². The van der Waals surface area contributed by atoms with Gasteiger partial charge in [0.1, 0.15) is 5.82 Å². The summed E-state index contributed by atoms with van der Waals surface area (Å²) in [5, 5.41) is 2.78. The Kier molecular flexibility index (Phi) is 4.05. The van der Waals surface area contributed by atoms with Gasteiger partial charge in [-0.15, -0.1) is 0 Å². The first kappa shape index (κ1) is 11.9. The van der Waals surface area contributed by atoms with E-state index in [1.165, 1.54) is 12.1 Å². The van der Waals surface area contributed by atoms with Gasteiger partial charge in [0.15, 0.2) is 0 Å². The van der Waals surface area contributed by atoms with Crippen LogP contribution in [0, 0.1) is 5.82 Å². The highest BCUT2D eigenvalue weighted by Crippen LogP contribution is 2.18. The van der Waals surface area contributed by atoms with Crippen LogP contribution in [0.1, 0.15) is 12.5 Å². The smallest absolute Gasteiger partial charge is 0.236 e. The molecule has 3 nitrogen and oxygen atoms in total. The van der Waals surface area contributed by atoms with E-state index in [-0.39, 0.29) is 18.0 Å². The molecule has 1 amide bonds. The van der Waals surface area contributed by atoms with E-state index in [0.717, 1.165) is 0 Å². The molecule has 0 heterocycles. The van der Waals surface area contributed by atoms with Crippen molar-refractivity contribution in [2.45, 2.75) is 19.5 Å². The fourth-order valence-electron chi connectivity index (χ4n) is 1.04. The van der Waals surface area contributed by atoms with Gasteiger partial charge in [-0.1, -0.05) is 17.7 Å².